The maximum Gasteiger partial charge on any atom is 0.120 e. The summed E-state index contributed by atoms with van der Waals surface area (Å²) < 4.78 is 5.86. The first-order chi connectivity index (χ1) is 13.8. The first-order valence-electron chi connectivity index (χ1n) is 8.88. The first kappa shape index (κ1) is 18.0. The Balaban J connectivity index is 1.44. The summed E-state index contributed by atoms with van der Waals surface area (Å²) in [5, 5.41) is 5.97. The number of aromatic nitrogens is 1. The lowest BCUT2D eigenvalue weighted by molar-refractivity contribution is 0.306. The van der Waals surface area contributed by atoms with Crippen molar-refractivity contribution < 1.29 is 4.74 Å². The van der Waals surface area contributed by atoms with Gasteiger partial charge in [0.1, 0.15) is 12.4 Å². The predicted molar refractivity (Wildman–Crippen MR) is 115 cm³/mol. The second kappa shape index (κ2) is 8.55. The quantitative estimate of drug-likeness (QED) is 0.330. The third kappa shape index (κ3) is 4.48. The molecule has 138 valence electrons. The van der Waals surface area contributed by atoms with Crippen molar-refractivity contribution >= 4 is 34.4 Å². The fraction of sp³-hybridized carbons (Fsp3) is 0.0435. The number of benzene rings is 3. The van der Waals surface area contributed by atoms with E-state index in [1.54, 1.807) is 12.4 Å². The molecule has 5 heteroatoms. The van der Waals surface area contributed by atoms with Crippen LogP contribution in [0.5, 0.6) is 5.75 Å². The summed E-state index contributed by atoms with van der Waals surface area (Å²) in [4.78, 5) is 4.33. The lowest BCUT2D eigenvalue weighted by atomic mass is 10.2. The van der Waals surface area contributed by atoms with E-state index in [1.165, 1.54) is 0 Å². The van der Waals surface area contributed by atoms with Gasteiger partial charge in [0.25, 0.3) is 0 Å². The molecule has 3 aromatic carbocycles. The van der Waals surface area contributed by atoms with Crippen molar-refractivity contribution in [3.63, 3.8) is 0 Å². The van der Waals surface area contributed by atoms with Gasteiger partial charge in [-0.1, -0.05) is 54.1 Å². The molecule has 4 aromatic rings. The van der Waals surface area contributed by atoms with E-state index in [1.807, 2.05) is 78.9 Å². The Labute approximate surface area is 168 Å². The smallest absolute Gasteiger partial charge is 0.120 e. The molecule has 4 rings (SSSR count). The third-order valence-corrected chi connectivity index (χ3v) is 4.44. The number of anilines is 1. The highest BCUT2D eigenvalue weighted by molar-refractivity contribution is 6.31. The molecule has 0 bridgehead atoms. The van der Waals surface area contributed by atoms with Crippen LogP contribution in [-0.4, -0.2) is 11.2 Å². The Morgan fingerprint density at radius 2 is 1.86 bits per heavy atom. The van der Waals surface area contributed by atoms with Crippen molar-refractivity contribution in [2.24, 2.45) is 5.10 Å². The average Bonchev–Trinajstić information content (AvgIpc) is 2.73. The summed E-state index contributed by atoms with van der Waals surface area (Å²) in [5.41, 5.74) is 6.85. The minimum absolute atomic E-state index is 0.533. The van der Waals surface area contributed by atoms with E-state index in [-0.39, 0.29) is 0 Å². The molecule has 1 aromatic heterocycles. The normalized spacial score (nSPS) is 11.0. The van der Waals surface area contributed by atoms with Crippen LogP contribution in [0.15, 0.2) is 90.2 Å². The average molecular weight is 388 g/mol. The highest BCUT2D eigenvalue weighted by atomic mass is 35.5. The maximum absolute atomic E-state index is 6.03. The Morgan fingerprint density at radius 3 is 2.75 bits per heavy atom. The summed E-state index contributed by atoms with van der Waals surface area (Å²) in [6.07, 6.45) is 3.49. The highest BCUT2D eigenvalue weighted by Gasteiger charge is 2.02. The minimum atomic E-state index is 0.533. The molecule has 1 heterocycles. The molecule has 28 heavy (non-hydrogen) atoms. The molecule has 0 aliphatic rings. The number of pyridine rings is 1. The largest absolute Gasteiger partial charge is 0.489 e. The van der Waals surface area contributed by atoms with E-state index in [9.17, 15) is 0 Å². The van der Waals surface area contributed by atoms with Crippen LogP contribution in [0, 0.1) is 0 Å². The van der Waals surface area contributed by atoms with Crippen molar-refractivity contribution in [3.8, 4) is 5.75 Å². The number of hydrogen-bond acceptors (Lipinski definition) is 4. The maximum atomic E-state index is 6.03. The zero-order valence-electron chi connectivity index (χ0n) is 15.0. The zero-order chi connectivity index (χ0) is 19.2. The topological polar surface area (TPSA) is 46.5 Å². The highest BCUT2D eigenvalue weighted by Crippen LogP contribution is 2.24. The van der Waals surface area contributed by atoms with Gasteiger partial charge in [-0.15, -0.1) is 0 Å². The summed E-state index contributed by atoms with van der Waals surface area (Å²) in [6, 6.07) is 25.4. The van der Waals surface area contributed by atoms with Gasteiger partial charge in [-0.25, -0.2) is 0 Å². The van der Waals surface area contributed by atoms with Crippen LogP contribution in [0.25, 0.3) is 10.9 Å². The Hall–Kier alpha value is -3.37. The molecule has 0 amide bonds. The molecular weight excluding hydrogens is 370 g/mol. The lowest BCUT2D eigenvalue weighted by Crippen LogP contribution is -1.96. The van der Waals surface area contributed by atoms with Gasteiger partial charge >= 0.3 is 0 Å². The second-order valence-corrected chi connectivity index (χ2v) is 6.67. The number of ether oxygens (including phenoxy) is 1. The summed E-state index contributed by atoms with van der Waals surface area (Å²) in [6.45, 7) is 0.533. The van der Waals surface area contributed by atoms with Gasteiger partial charge < -0.3 is 4.74 Å². The number of hydrazone groups is 1. The van der Waals surface area contributed by atoms with E-state index in [2.05, 4.69) is 15.5 Å². The monoisotopic (exact) mass is 387 g/mol. The molecule has 0 fully saturated rings. The van der Waals surface area contributed by atoms with Gasteiger partial charge in [0.05, 0.1) is 17.4 Å². The molecule has 0 saturated heterocycles. The summed E-state index contributed by atoms with van der Waals surface area (Å²) in [5.74, 6) is 0.803. The first-order valence-corrected chi connectivity index (χ1v) is 9.26. The molecule has 0 aliphatic carbocycles. The van der Waals surface area contributed by atoms with E-state index in [0.717, 1.165) is 33.5 Å². The van der Waals surface area contributed by atoms with Gasteiger partial charge in [-0.2, -0.15) is 5.10 Å². The molecule has 0 saturated carbocycles. The van der Waals surface area contributed by atoms with Crippen LogP contribution < -0.4 is 10.2 Å². The number of nitrogens with one attached hydrogen (secondary N) is 1. The molecule has 1 N–H and O–H groups in total. The molecule has 0 spiro atoms. The summed E-state index contributed by atoms with van der Waals surface area (Å²) >= 11 is 6.03. The van der Waals surface area contributed by atoms with Crippen LogP contribution >= 0.6 is 11.6 Å². The number of rotatable bonds is 6. The number of halogens is 1. The van der Waals surface area contributed by atoms with Crippen LogP contribution in [0.3, 0.4) is 0 Å². The van der Waals surface area contributed by atoms with E-state index < -0.39 is 0 Å². The SMILES string of the molecule is Clc1ccc2c(N/N=C\c3cccc(OCc4ccccc4)c3)ccnc2c1. The van der Waals surface area contributed by atoms with E-state index in [4.69, 9.17) is 16.3 Å². The number of hydrogen-bond donors (Lipinski definition) is 1. The van der Waals surface area contributed by atoms with Gasteiger partial charge in [-0.05, 0) is 47.5 Å². The van der Waals surface area contributed by atoms with E-state index >= 15 is 0 Å². The second-order valence-electron chi connectivity index (χ2n) is 6.24. The Kier molecular flexibility index (Phi) is 5.50. The minimum Gasteiger partial charge on any atom is -0.489 e. The fourth-order valence-corrected chi connectivity index (χ4v) is 2.99. The molecule has 0 aliphatic heterocycles. The molecule has 0 atom stereocenters. The number of nitrogens with zero attached hydrogens (tertiary/aromatic N) is 2. The van der Waals surface area contributed by atoms with Crippen molar-refractivity contribution in [2.75, 3.05) is 5.43 Å². The fourth-order valence-electron chi connectivity index (χ4n) is 2.82. The molecule has 0 radical (unpaired) electrons. The van der Waals surface area contributed by atoms with Crippen LogP contribution in [0.4, 0.5) is 5.69 Å². The van der Waals surface area contributed by atoms with Crippen molar-refractivity contribution in [1.29, 1.82) is 0 Å². The number of fused-ring (bicyclic) bond motifs is 1. The van der Waals surface area contributed by atoms with Gasteiger partial charge in [-0.3, -0.25) is 10.4 Å². The predicted octanol–water partition coefficient (Wildman–Crippen LogP) is 5.91. The Morgan fingerprint density at radius 1 is 0.964 bits per heavy atom. The van der Waals surface area contributed by atoms with Crippen molar-refractivity contribution in [1.82, 2.24) is 4.98 Å². The van der Waals surface area contributed by atoms with Gasteiger partial charge in [0.15, 0.2) is 0 Å². The lowest BCUT2D eigenvalue weighted by Gasteiger charge is -2.07. The van der Waals surface area contributed by atoms with Crippen molar-refractivity contribution in [3.05, 3.63) is 101 Å². The van der Waals surface area contributed by atoms with Gasteiger partial charge in [0.2, 0.25) is 0 Å². The summed E-state index contributed by atoms with van der Waals surface area (Å²) in [7, 11) is 0. The third-order valence-electron chi connectivity index (χ3n) is 4.21. The van der Waals surface area contributed by atoms with Crippen LogP contribution in [0.2, 0.25) is 5.02 Å². The van der Waals surface area contributed by atoms with E-state index in [0.29, 0.717) is 11.6 Å². The van der Waals surface area contributed by atoms with Crippen molar-refractivity contribution in [2.45, 2.75) is 6.61 Å². The van der Waals surface area contributed by atoms with Gasteiger partial charge in [0, 0.05) is 16.6 Å². The van der Waals surface area contributed by atoms with Crippen LogP contribution in [0.1, 0.15) is 11.1 Å². The molecular formula is C23H18ClN3O. The molecule has 0 unspecified atom stereocenters. The standard InChI is InChI=1S/C23H18ClN3O/c24-19-9-10-21-22(11-12-25-23(21)14-19)27-26-15-18-7-4-8-20(13-18)28-16-17-5-2-1-3-6-17/h1-15H,16H2,(H,25,27)/b26-15-. The van der Waals surface area contributed by atoms with Crippen LogP contribution in [-0.2, 0) is 6.61 Å². The Bertz CT molecular complexity index is 1110. The molecule has 4 nitrogen and oxygen atoms in total. The zero-order valence-corrected chi connectivity index (χ0v) is 15.8.